The summed E-state index contributed by atoms with van der Waals surface area (Å²) in [5.41, 5.74) is 2.98. The maximum Gasteiger partial charge on any atom is 0.154 e. The molecule has 1 aliphatic heterocycles. The molecule has 3 aromatic rings. The minimum atomic E-state index is 0.448. The molecule has 21 heavy (non-hydrogen) atoms. The first-order valence-electron chi connectivity index (χ1n) is 7.47. The Kier molecular flexibility index (Phi) is 3.02. The zero-order chi connectivity index (χ0) is 14.6. The highest BCUT2D eigenvalue weighted by Gasteiger charge is 2.26. The standard InChI is InChI=1S/C17H18ClNO2/c1-9-6-12-14(11-4-3-5-19-8-11)16-13(7-10(2)20-16)15(18)17(12)21-9/h6-7,11,19H,3-5,8H2,1-2H3. The van der Waals surface area contributed by atoms with E-state index in [-0.39, 0.29) is 0 Å². The molecule has 1 saturated heterocycles. The quantitative estimate of drug-likeness (QED) is 0.693. The van der Waals surface area contributed by atoms with Crippen molar-refractivity contribution in [2.24, 2.45) is 0 Å². The van der Waals surface area contributed by atoms with Crippen molar-refractivity contribution in [2.45, 2.75) is 32.6 Å². The van der Waals surface area contributed by atoms with Gasteiger partial charge in [0.2, 0.25) is 0 Å². The molecule has 0 amide bonds. The molecule has 3 heterocycles. The second kappa shape index (κ2) is 4.79. The van der Waals surface area contributed by atoms with Crippen molar-refractivity contribution in [3.63, 3.8) is 0 Å². The maximum atomic E-state index is 6.54. The fourth-order valence-corrected chi connectivity index (χ4v) is 3.78. The minimum Gasteiger partial charge on any atom is -0.461 e. The van der Waals surface area contributed by atoms with E-state index in [1.807, 2.05) is 19.9 Å². The van der Waals surface area contributed by atoms with Crippen LogP contribution >= 0.6 is 11.6 Å². The van der Waals surface area contributed by atoms with E-state index >= 15 is 0 Å². The molecule has 0 bridgehead atoms. The Morgan fingerprint density at radius 1 is 1.10 bits per heavy atom. The lowest BCUT2D eigenvalue weighted by Gasteiger charge is -2.24. The predicted octanol–water partition coefficient (Wildman–Crippen LogP) is 4.92. The van der Waals surface area contributed by atoms with Gasteiger partial charge in [-0.15, -0.1) is 0 Å². The van der Waals surface area contributed by atoms with Gasteiger partial charge in [-0.3, -0.25) is 0 Å². The van der Waals surface area contributed by atoms with Crippen LogP contribution in [0.4, 0.5) is 0 Å². The summed E-state index contributed by atoms with van der Waals surface area (Å²) in [7, 11) is 0. The van der Waals surface area contributed by atoms with Crippen molar-refractivity contribution in [3.05, 3.63) is 34.2 Å². The van der Waals surface area contributed by atoms with Crippen molar-refractivity contribution >= 4 is 33.5 Å². The molecule has 0 radical (unpaired) electrons. The van der Waals surface area contributed by atoms with Crippen LogP contribution in [0.5, 0.6) is 0 Å². The summed E-state index contributed by atoms with van der Waals surface area (Å²) in [5.74, 6) is 2.23. The van der Waals surface area contributed by atoms with Crippen molar-refractivity contribution in [3.8, 4) is 0 Å². The van der Waals surface area contributed by atoms with E-state index in [4.69, 9.17) is 20.4 Å². The molecule has 1 unspecified atom stereocenters. The van der Waals surface area contributed by atoms with Crippen molar-refractivity contribution in [1.82, 2.24) is 5.32 Å². The van der Waals surface area contributed by atoms with E-state index in [9.17, 15) is 0 Å². The third kappa shape index (κ3) is 1.99. The van der Waals surface area contributed by atoms with Gasteiger partial charge in [0.15, 0.2) is 5.58 Å². The summed E-state index contributed by atoms with van der Waals surface area (Å²) in [5, 5.41) is 6.22. The lowest BCUT2D eigenvalue weighted by atomic mass is 9.88. The van der Waals surface area contributed by atoms with E-state index in [0.29, 0.717) is 10.9 Å². The van der Waals surface area contributed by atoms with Crippen molar-refractivity contribution < 1.29 is 8.83 Å². The smallest absolute Gasteiger partial charge is 0.154 e. The Labute approximate surface area is 128 Å². The van der Waals surface area contributed by atoms with Gasteiger partial charge in [0.05, 0.1) is 5.02 Å². The molecule has 2 aromatic heterocycles. The molecular weight excluding hydrogens is 286 g/mol. The number of nitrogens with one attached hydrogen (secondary N) is 1. The van der Waals surface area contributed by atoms with Crippen LogP contribution in [0.15, 0.2) is 21.0 Å². The van der Waals surface area contributed by atoms with E-state index in [1.165, 1.54) is 18.4 Å². The summed E-state index contributed by atoms with van der Waals surface area (Å²) in [6.45, 7) is 6.01. The summed E-state index contributed by atoms with van der Waals surface area (Å²) < 4.78 is 11.9. The Hall–Kier alpha value is -1.45. The van der Waals surface area contributed by atoms with Crippen LogP contribution in [0.1, 0.15) is 35.8 Å². The highest BCUT2D eigenvalue weighted by molar-refractivity contribution is 6.40. The molecule has 0 spiro atoms. The molecule has 110 valence electrons. The Morgan fingerprint density at radius 3 is 2.52 bits per heavy atom. The van der Waals surface area contributed by atoms with Crippen LogP contribution in [0.25, 0.3) is 21.9 Å². The number of furan rings is 2. The zero-order valence-corrected chi connectivity index (χ0v) is 13.0. The van der Waals surface area contributed by atoms with Crippen LogP contribution in [0.3, 0.4) is 0 Å². The first-order valence-corrected chi connectivity index (χ1v) is 7.85. The van der Waals surface area contributed by atoms with Gasteiger partial charge < -0.3 is 14.2 Å². The second-order valence-corrected chi connectivity index (χ2v) is 6.35. The number of benzene rings is 1. The Bertz CT molecular complexity index is 767. The zero-order valence-electron chi connectivity index (χ0n) is 12.3. The summed E-state index contributed by atoms with van der Waals surface area (Å²) >= 11 is 6.54. The molecule has 1 fully saturated rings. The monoisotopic (exact) mass is 303 g/mol. The van der Waals surface area contributed by atoms with Gasteiger partial charge in [-0.1, -0.05) is 11.6 Å². The van der Waals surface area contributed by atoms with Gasteiger partial charge in [-0.2, -0.15) is 0 Å². The Balaban J connectivity index is 2.09. The van der Waals surface area contributed by atoms with Crippen LogP contribution in [-0.4, -0.2) is 13.1 Å². The van der Waals surface area contributed by atoms with Crippen molar-refractivity contribution in [1.29, 1.82) is 0 Å². The first kappa shape index (κ1) is 13.2. The fourth-order valence-electron chi connectivity index (χ4n) is 3.50. The van der Waals surface area contributed by atoms with Crippen LogP contribution in [0.2, 0.25) is 5.02 Å². The highest BCUT2D eigenvalue weighted by Crippen LogP contribution is 2.43. The molecule has 1 N–H and O–H groups in total. The molecule has 1 atom stereocenters. The van der Waals surface area contributed by atoms with Gasteiger partial charge in [0, 0.05) is 28.8 Å². The average molecular weight is 304 g/mol. The minimum absolute atomic E-state index is 0.448. The molecule has 0 aliphatic carbocycles. The molecule has 4 rings (SSSR count). The van der Waals surface area contributed by atoms with Gasteiger partial charge in [0.1, 0.15) is 17.1 Å². The first-order chi connectivity index (χ1) is 10.1. The average Bonchev–Trinajstić information content (AvgIpc) is 3.03. The molecule has 1 aromatic carbocycles. The van der Waals surface area contributed by atoms with Crippen LogP contribution in [0, 0.1) is 13.8 Å². The van der Waals surface area contributed by atoms with Gasteiger partial charge >= 0.3 is 0 Å². The third-order valence-corrected chi connectivity index (χ3v) is 4.76. The van der Waals surface area contributed by atoms with E-state index in [0.717, 1.165) is 46.5 Å². The van der Waals surface area contributed by atoms with E-state index in [1.54, 1.807) is 0 Å². The molecular formula is C17H18ClNO2. The van der Waals surface area contributed by atoms with E-state index < -0.39 is 0 Å². The van der Waals surface area contributed by atoms with Crippen LogP contribution in [-0.2, 0) is 0 Å². The number of hydrogen-bond acceptors (Lipinski definition) is 3. The largest absolute Gasteiger partial charge is 0.461 e. The summed E-state index contributed by atoms with van der Waals surface area (Å²) in [6, 6.07) is 4.09. The third-order valence-electron chi connectivity index (χ3n) is 4.39. The number of aryl methyl sites for hydroxylation is 2. The maximum absolute atomic E-state index is 6.54. The normalized spacial score (nSPS) is 19.7. The van der Waals surface area contributed by atoms with Crippen LogP contribution < -0.4 is 5.32 Å². The number of piperidine rings is 1. The fraction of sp³-hybridized carbons (Fsp3) is 0.412. The predicted molar refractivity (Wildman–Crippen MR) is 85.3 cm³/mol. The van der Waals surface area contributed by atoms with Gasteiger partial charge in [-0.05, 0) is 45.4 Å². The second-order valence-electron chi connectivity index (χ2n) is 5.97. The molecule has 1 aliphatic rings. The molecule has 4 heteroatoms. The lowest BCUT2D eigenvalue weighted by molar-refractivity contribution is 0.459. The number of hydrogen-bond donors (Lipinski definition) is 1. The van der Waals surface area contributed by atoms with E-state index in [2.05, 4.69) is 11.4 Å². The SMILES string of the molecule is Cc1cc2c(C3CCCNC3)c3oc(C)cc3c(Cl)c2o1. The van der Waals surface area contributed by atoms with Gasteiger partial charge in [-0.25, -0.2) is 0 Å². The Morgan fingerprint density at radius 2 is 1.81 bits per heavy atom. The molecule has 3 nitrogen and oxygen atoms in total. The highest BCUT2D eigenvalue weighted by atomic mass is 35.5. The van der Waals surface area contributed by atoms with Crippen molar-refractivity contribution in [2.75, 3.05) is 13.1 Å². The van der Waals surface area contributed by atoms with Gasteiger partial charge in [0.25, 0.3) is 0 Å². The molecule has 0 saturated carbocycles. The lowest BCUT2D eigenvalue weighted by Crippen LogP contribution is -2.28. The number of halogens is 1. The summed E-state index contributed by atoms with van der Waals surface area (Å²) in [6.07, 6.45) is 2.36. The number of fused-ring (bicyclic) bond motifs is 2. The summed E-state index contributed by atoms with van der Waals surface area (Å²) in [4.78, 5) is 0. The topological polar surface area (TPSA) is 38.3 Å². The number of rotatable bonds is 1.